The third-order valence-corrected chi connectivity index (χ3v) is 3.41. The first-order chi connectivity index (χ1) is 10.6. The molecule has 0 saturated carbocycles. The fraction of sp³-hybridized carbons (Fsp3) is 0.357. The molecule has 0 spiro atoms. The number of hydrogen-bond donors (Lipinski definition) is 3. The Labute approximate surface area is 132 Å². The van der Waals surface area contributed by atoms with Crippen molar-refractivity contribution >= 4 is 17.5 Å². The van der Waals surface area contributed by atoms with Crippen LogP contribution in [0.1, 0.15) is 29.5 Å². The first-order valence-electron chi connectivity index (χ1n) is 6.83. The van der Waals surface area contributed by atoms with Crippen LogP contribution in [-0.2, 0) is 6.61 Å². The van der Waals surface area contributed by atoms with Crippen molar-refractivity contribution < 1.29 is 15.0 Å². The largest absolute Gasteiger partial charge is 0.394 e. The molecule has 0 saturated heterocycles. The number of aliphatic hydroxyl groups is 2. The zero-order chi connectivity index (χ0) is 16.1. The zero-order valence-corrected chi connectivity index (χ0v) is 12.8. The molecular formula is C14H17ClN4O3. The standard InChI is InChI=1S/C14H17ClN4O3/c1-2-10(7-20)16-14(22)13-12(8-21)17-19(18-13)11-5-3-9(15)4-6-11/h3-6,10,20-21H,2,7-8H2,1H3,(H,16,22). The third kappa shape index (κ3) is 3.62. The maximum Gasteiger partial charge on any atom is 0.274 e. The monoisotopic (exact) mass is 324 g/mol. The van der Waals surface area contributed by atoms with Crippen molar-refractivity contribution in [3.8, 4) is 5.69 Å². The molecular weight excluding hydrogens is 308 g/mol. The Hall–Kier alpha value is -1.96. The van der Waals surface area contributed by atoms with Crippen LogP contribution in [0, 0.1) is 0 Å². The lowest BCUT2D eigenvalue weighted by Gasteiger charge is -2.12. The van der Waals surface area contributed by atoms with Crippen LogP contribution < -0.4 is 5.32 Å². The average molecular weight is 325 g/mol. The van der Waals surface area contributed by atoms with Gasteiger partial charge in [0.05, 0.1) is 24.9 Å². The quantitative estimate of drug-likeness (QED) is 0.733. The first-order valence-corrected chi connectivity index (χ1v) is 7.21. The molecule has 0 aliphatic rings. The van der Waals surface area contributed by atoms with E-state index in [-0.39, 0.29) is 24.0 Å². The van der Waals surface area contributed by atoms with Crippen molar-refractivity contribution in [2.45, 2.75) is 26.0 Å². The molecule has 8 heteroatoms. The average Bonchev–Trinajstić information content (AvgIpc) is 2.97. The highest BCUT2D eigenvalue weighted by Crippen LogP contribution is 2.13. The number of nitrogens with one attached hydrogen (secondary N) is 1. The van der Waals surface area contributed by atoms with Gasteiger partial charge in [0.1, 0.15) is 5.69 Å². The van der Waals surface area contributed by atoms with Crippen LogP contribution in [0.2, 0.25) is 5.02 Å². The highest BCUT2D eigenvalue weighted by molar-refractivity contribution is 6.30. The Bertz CT molecular complexity index is 638. The molecule has 2 aromatic rings. The number of benzene rings is 1. The summed E-state index contributed by atoms with van der Waals surface area (Å²) < 4.78 is 0. The van der Waals surface area contributed by atoms with E-state index in [1.807, 2.05) is 6.92 Å². The van der Waals surface area contributed by atoms with Gasteiger partial charge < -0.3 is 15.5 Å². The molecule has 0 aliphatic carbocycles. The number of halogens is 1. The predicted octanol–water partition coefficient (Wildman–Crippen LogP) is 0.914. The summed E-state index contributed by atoms with van der Waals surface area (Å²) in [5, 5.41) is 29.9. The van der Waals surface area contributed by atoms with Crippen molar-refractivity contribution in [1.29, 1.82) is 0 Å². The van der Waals surface area contributed by atoms with Gasteiger partial charge in [0.2, 0.25) is 0 Å². The Balaban J connectivity index is 2.28. The summed E-state index contributed by atoms with van der Waals surface area (Å²) in [5.41, 5.74) is 0.817. The Morgan fingerprint density at radius 1 is 1.32 bits per heavy atom. The third-order valence-electron chi connectivity index (χ3n) is 3.15. The Kier molecular flexibility index (Phi) is 5.48. The second kappa shape index (κ2) is 7.35. The molecule has 3 N–H and O–H groups in total. The van der Waals surface area contributed by atoms with E-state index in [9.17, 15) is 9.90 Å². The van der Waals surface area contributed by atoms with Gasteiger partial charge in [-0.05, 0) is 30.7 Å². The molecule has 1 heterocycles. The van der Waals surface area contributed by atoms with Crippen LogP contribution >= 0.6 is 11.6 Å². The van der Waals surface area contributed by atoms with Crippen molar-refractivity contribution in [3.63, 3.8) is 0 Å². The predicted molar refractivity (Wildman–Crippen MR) is 80.9 cm³/mol. The lowest BCUT2D eigenvalue weighted by Crippen LogP contribution is -2.37. The molecule has 0 radical (unpaired) electrons. The Morgan fingerprint density at radius 2 is 2.00 bits per heavy atom. The van der Waals surface area contributed by atoms with Gasteiger partial charge in [0.25, 0.3) is 5.91 Å². The maximum absolute atomic E-state index is 12.2. The molecule has 1 amide bonds. The lowest BCUT2D eigenvalue weighted by molar-refractivity contribution is 0.0906. The van der Waals surface area contributed by atoms with Gasteiger partial charge >= 0.3 is 0 Å². The van der Waals surface area contributed by atoms with Crippen LogP contribution in [0.4, 0.5) is 0 Å². The van der Waals surface area contributed by atoms with E-state index in [0.717, 1.165) is 0 Å². The normalized spacial score (nSPS) is 12.2. The number of hydrogen-bond acceptors (Lipinski definition) is 5. The number of carbonyl (C=O) groups is 1. The summed E-state index contributed by atoms with van der Waals surface area (Å²) in [6.45, 7) is 1.27. The summed E-state index contributed by atoms with van der Waals surface area (Å²) in [7, 11) is 0. The van der Waals surface area contributed by atoms with Gasteiger partial charge in [-0.3, -0.25) is 4.79 Å². The molecule has 0 fully saturated rings. The van der Waals surface area contributed by atoms with Crippen molar-refractivity contribution in [3.05, 3.63) is 40.7 Å². The van der Waals surface area contributed by atoms with Gasteiger partial charge in [-0.2, -0.15) is 4.80 Å². The van der Waals surface area contributed by atoms with Crippen molar-refractivity contribution in [2.24, 2.45) is 0 Å². The van der Waals surface area contributed by atoms with Gasteiger partial charge in [-0.25, -0.2) is 0 Å². The maximum atomic E-state index is 12.2. The number of amides is 1. The number of carbonyl (C=O) groups excluding carboxylic acids is 1. The number of nitrogens with zero attached hydrogens (tertiary/aromatic N) is 3. The number of aromatic nitrogens is 3. The van der Waals surface area contributed by atoms with Crippen LogP contribution in [-0.4, -0.2) is 43.8 Å². The summed E-state index contributed by atoms with van der Waals surface area (Å²) in [4.78, 5) is 13.4. The summed E-state index contributed by atoms with van der Waals surface area (Å²) in [6.07, 6.45) is 0.585. The van der Waals surface area contributed by atoms with Crippen LogP contribution in [0.25, 0.3) is 5.69 Å². The second-order valence-corrected chi connectivity index (χ2v) is 5.12. The van der Waals surface area contributed by atoms with E-state index in [0.29, 0.717) is 17.1 Å². The molecule has 0 bridgehead atoms. The highest BCUT2D eigenvalue weighted by atomic mass is 35.5. The fourth-order valence-electron chi connectivity index (χ4n) is 1.84. The molecule has 7 nitrogen and oxygen atoms in total. The van der Waals surface area contributed by atoms with E-state index < -0.39 is 12.5 Å². The minimum Gasteiger partial charge on any atom is -0.394 e. The molecule has 1 atom stereocenters. The molecule has 2 rings (SSSR count). The highest BCUT2D eigenvalue weighted by Gasteiger charge is 2.20. The topological polar surface area (TPSA) is 100 Å². The van der Waals surface area contributed by atoms with E-state index in [1.54, 1.807) is 24.3 Å². The number of rotatable bonds is 6. The molecule has 1 unspecified atom stereocenters. The fourth-order valence-corrected chi connectivity index (χ4v) is 1.97. The Morgan fingerprint density at radius 3 is 2.55 bits per heavy atom. The van der Waals surface area contributed by atoms with Crippen LogP contribution in [0.15, 0.2) is 24.3 Å². The van der Waals surface area contributed by atoms with Crippen LogP contribution in [0.3, 0.4) is 0 Å². The van der Waals surface area contributed by atoms with Gasteiger partial charge in [0.15, 0.2) is 5.69 Å². The molecule has 1 aromatic heterocycles. The minimum absolute atomic E-state index is 0.0318. The van der Waals surface area contributed by atoms with Crippen molar-refractivity contribution in [1.82, 2.24) is 20.3 Å². The molecule has 22 heavy (non-hydrogen) atoms. The van der Waals surface area contributed by atoms with Gasteiger partial charge in [-0.15, -0.1) is 10.2 Å². The van der Waals surface area contributed by atoms with Crippen LogP contribution in [0.5, 0.6) is 0 Å². The van der Waals surface area contributed by atoms with E-state index in [2.05, 4.69) is 15.5 Å². The molecule has 1 aromatic carbocycles. The SMILES string of the molecule is CCC(CO)NC(=O)c1nn(-c2ccc(Cl)cc2)nc1CO. The van der Waals surface area contributed by atoms with E-state index in [4.69, 9.17) is 16.7 Å². The zero-order valence-electron chi connectivity index (χ0n) is 12.0. The summed E-state index contributed by atoms with van der Waals surface area (Å²) in [5.74, 6) is -0.481. The van der Waals surface area contributed by atoms with Gasteiger partial charge in [-0.1, -0.05) is 18.5 Å². The smallest absolute Gasteiger partial charge is 0.274 e. The second-order valence-electron chi connectivity index (χ2n) is 4.68. The molecule has 0 aliphatic heterocycles. The van der Waals surface area contributed by atoms with E-state index >= 15 is 0 Å². The lowest BCUT2D eigenvalue weighted by atomic mass is 10.2. The minimum atomic E-state index is -0.481. The van der Waals surface area contributed by atoms with Gasteiger partial charge in [0, 0.05) is 5.02 Å². The van der Waals surface area contributed by atoms with E-state index in [1.165, 1.54) is 4.80 Å². The number of aliphatic hydroxyl groups excluding tert-OH is 2. The summed E-state index contributed by atoms with van der Waals surface area (Å²) >= 11 is 5.82. The summed E-state index contributed by atoms with van der Waals surface area (Å²) in [6, 6.07) is 6.40. The molecule has 118 valence electrons. The first kappa shape index (κ1) is 16.4. The van der Waals surface area contributed by atoms with Crippen molar-refractivity contribution in [2.75, 3.05) is 6.61 Å².